The first-order valence-corrected chi connectivity index (χ1v) is 3.62. The first-order chi connectivity index (χ1) is 6.33. The lowest BCUT2D eigenvalue weighted by Crippen LogP contribution is -1.94. The molecule has 0 unspecified atom stereocenters. The molecule has 0 spiro atoms. The van der Waals surface area contributed by atoms with Gasteiger partial charge in [0.05, 0.1) is 11.8 Å². The molecule has 0 aromatic heterocycles. The minimum atomic E-state index is -0.0120. The molecule has 1 heterocycles. The average molecular weight is 181 g/mol. The molecule has 68 valence electrons. The molecule has 0 aliphatic carbocycles. The van der Waals surface area contributed by atoms with E-state index in [1.807, 2.05) is 0 Å². The molecule has 1 aliphatic heterocycles. The number of ether oxygens (including phenoxy) is 2. The van der Waals surface area contributed by atoms with Crippen molar-refractivity contribution in [2.75, 3.05) is 6.79 Å². The predicted octanol–water partition coefficient (Wildman–Crippen LogP) is 0.929. The Morgan fingerprint density at radius 1 is 1.38 bits per heavy atom. The highest BCUT2D eigenvalue weighted by molar-refractivity contribution is 5.88. The molecule has 0 saturated carbocycles. The van der Waals surface area contributed by atoms with E-state index in [1.165, 1.54) is 6.07 Å². The van der Waals surface area contributed by atoms with Crippen molar-refractivity contribution in [2.24, 2.45) is 5.16 Å². The van der Waals surface area contributed by atoms with Gasteiger partial charge in [-0.05, 0) is 12.1 Å². The number of phenols is 1. The largest absolute Gasteiger partial charge is 0.507 e. The van der Waals surface area contributed by atoms with Crippen LogP contribution in [0.4, 0.5) is 0 Å². The normalized spacial score (nSPS) is 13.8. The maximum absolute atomic E-state index is 9.37. The summed E-state index contributed by atoms with van der Waals surface area (Å²) in [6, 6.07) is 3.04. The van der Waals surface area contributed by atoms with Crippen LogP contribution in [0, 0.1) is 0 Å². The standard InChI is InChI=1S/C8H7NO4/c10-6-1-2-7-8(13-4-12-7)5(6)3-9-11/h1-3,10-11H,4H2/b9-3+. The lowest BCUT2D eigenvalue weighted by molar-refractivity contribution is 0.173. The molecule has 13 heavy (non-hydrogen) atoms. The van der Waals surface area contributed by atoms with Crippen LogP contribution in [0.25, 0.3) is 0 Å². The molecule has 0 bridgehead atoms. The van der Waals surface area contributed by atoms with Gasteiger partial charge in [-0.2, -0.15) is 0 Å². The Morgan fingerprint density at radius 3 is 3.00 bits per heavy atom. The molecule has 0 radical (unpaired) electrons. The Labute approximate surface area is 73.8 Å². The molecule has 2 rings (SSSR count). The minimum absolute atomic E-state index is 0.0120. The smallest absolute Gasteiger partial charge is 0.231 e. The Hall–Kier alpha value is -1.91. The van der Waals surface area contributed by atoms with Crippen LogP contribution in [0.15, 0.2) is 17.3 Å². The SMILES string of the molecule is O/N=C/c1c(O)ccc2c1OCO2. The molecule has 5 heteroatoms. The number of fused-ring (bicyclic) bond motifs is 1. The van der Waals surface area contributed by atoms with Crippen LogP contribution in [0.2, 0.25) is 0 Å². The summed E-state index contributed by atoms with van der Waals surface area (Å²) in [5, 5.41) is 20.5. The molecule has 1 aromatic rings. The Balaban J connectivity index is 2.58. The van der Waals surface area contributed by atoms with Gasteiger partial charge in [0.1, 0.15) is 5.75 Å². The van der Waals surface area contributed by atoms with Gasteiger partial charge in [-0.15, -0.1) is 0 Å². The summed E-state index contributed by atoms with van der Waals surface area (Å²) in [5.41, 5.74) is 0.317. The van der Waals surface area contributed by atoms with Crippen LogP contribution in [0.3, 0.4) is 0 Å². The fourth-order valence-electron chi connectivity index (χ4n) is 1.17. The second kappa shape index (κ2) is 2.85. The van der Waals surface area contributed by atoms with Crippen molar-refractivity contribution in [1.82, 2.24) is 0 Å². The van der Waals surface area contributed by atoms with Gasteiger partial charge < -0.3 is 19.8 Å². The summed E-state index contributed by atoms with van der Waals surface area (Å²) in [7, 11) is 0. The average Bonchev–Trinajstić information content (AvgIpc) is 2.58. The van der Waals surface area contributed by atoms with E-state index >= 15 is 0 Å². The van der Waals surface area contributed by atoms with Crippen LogP contribution in [-0.2, 0) is 0 Å². The third-order valence-corrected chi connectivity index (χ3v) is 1.74. The summed E-state index contributed by atoms with van der Waals surface area (Å²) in [5.74, 6) is 0.924. The van der Waals surface area contributed by atoms with E-state index in [2.05, 4.69) is 5.16 Å². The fourth-order valence-corrected chi connectivity index (χ4v) is 1.17. The summed E-state index contributed by atoms with van der Waals surface area (Å²) < 4.78 is 10.1. The third kappa shape index (κ3) is 1.14. The zero-order valence-electron chi connectivity index (χ0n) is 6.60. The minimum Gasteiger partial charge on any atom is -0.507 e. The fraction of sp³-hybridized carbons (Fsp3) is 0.125. The summed E-state index contributed by atoms with van der Waals surface area (Å²) >= 11 is 0. The number of phenolic OH excluding ortho intramolecular Hbond substituents is 1. The molecule has 0 fully saturated rings. The van der Waals surface area contributed by atoms with Gasteiger partial charge >= 0.3 is 0 Å². The van der Waals surface area contributed by atoms with Crippen molar-refractivity contribution in [3.8, 4) is 17.2 Å². The van der Waals surface area contributed by atoms with Crippen LogP contribution in [-0.4, -0.2) is 23.3 Å². The molecular weight excluding hydrogens is 174 g/mol. The number of oxime groups is 1. The van der Waals surface area contributed by atoms with Gasteiger partial charge in [-0.25, -0.2) is 0 Å². The van der Waals surface area contributed by atoms with Crippen molar-refractivity contribution in [2.45, 2.75) is 0 Å². The highest BCUT2D eigenvalue weighted by atomic mass is 16.7. The summed E-state index contributed by atoms with van der Waals surface area (Å²) in [4.78, 5) is 0. The lowest BCUT2D eigenvalue weighted by Gasteiger charge is -2.01. The molecule has 5 nitrogen and oxygen atoms in total. The van der Waals surface area contributed by atoms with Gasteiger partial charge in [0.15, 0.2) is 11.5 Å². The second-order valence-corrected chi connectivity index (χ2v) is 2.48. The van der Waals surface area contributed by atoms with Gasteiger partial charge in [-0.3, -0.25) is 0 Å². The van der Waals surface area contributed by atoms with E-state index in [1.54, 1.807) is 6.07 Å². The first kappa shape index (κ1) is 7.72. The maximum atomic E-state index is 9.37. The van der Waals surface area contributed by atoms with E-state index in [0.717, 1.165) is 6.21 Å². The van der Waals surface area contributed by atoms with Crippen LogP contribution in [0.5, 0.6) is 17.2 Å². The third-order valence-electron chi connectivity index (χ3n) is 1.74. The van der Waals surface area contributed by atoms with Crippen LogP contribution in [0.1, 0.15) is 5.56 Å². The highest BCUT2D eigenvalue weighted by Crippen LogP contribution is 2.38. The van der Waals surface area contributed by atoms with Gasteiger partial charge in [0.2, 0.25) is 6.79 Å². The Kier molecular flexibility index (Phi) is 1.70. The lowest BCUT2D eigenvalue weighted by atomic mass is 10.2. The van der Waals surface area contributed by atoms with Crippen LogP contribution >= 0.6 is 0 Å². The first-order valence-electron chi connectivity index (χ1n) is 3.62. The number of rotatable bonds is 1. The molecule has 1 aromatic carbocycles. The van der Waals surface area contributed by atoms with Crippen molar-refractivity contribution < 1.29 is 19.8 Å². The number of hydrogen-bond donors (Lipinski definition) is 2. The number of hydrogen-bond acceptors (Lipinski definition) is 5. The monoisotopic (exact) mass is 181 g/mol. The topological polar surface area (TPSA) is 71.3 Å². The number of benzene rings is 1. The summed E-state index contributed by atoms with van der Waals surface area (Å²) in [6.45, 7) is 0.116. The van der Waals surface area contributed by atoms with E-state index in [9.17, 15) is 5.11 Å². The van der Waals surface area contributed by atoms with E-state index in [-0.39, 0.29) is 12.5 Å². The van der Waals surface area contributed by atoms with E-state index in [4.69, 9.17) is 14.7 Å². The Bertz CT molecular complexity index is 361. The maximum Gasteiger partial charge on any atom is 0.231 e. The van der Waals surface area contributed by atoms with E-state index < -0.39 is 0 Å². The Morgan fingerprint density at radius 2 is 2.23 bits per heavy atom. The van der Waals surface area contributed by atoms with Crippen molar-refractivity contribution in [1.29, 1.82) is 0 Å². The van der Waals surface area contributed by atoms with Crippen molar-refractivity contribution >= 4 is 6.21 Å². The predicted molar refractivity (Wildman–Crippen MR) is 43.6 cm³/mol. The van der Waals surface area contributed by atoms with Crippen molar-refractivity contribution in [3.63, 3.8) is 0 Å². The number of nitrogens with zero attached hydrogens (tertiary/aromatic N) is 1. The second-order valence-electron chi connectivity index (χ2n) is 2.48. The van der Waals surface area contributed by atoms with Crippen molar-refractivity contribution in [3.05, 3.63) is 17.7 Å². The van der Waals surface area contributed by atoms with Gasteiger partial charge in [0, 0.05) is 0 Å². The zero-order valence-corrected chi connectivity index (χ0v) is 6.60. The van der Waals surface area contributed by atoms with Gasteiger partial charge in [0.25, 0.3) is 0 Å². The highest BCUT2D eigenvalue weighted by Gasteiger charge is 2.19. The molecule has 0 amide bonds. The van der Waals surface area contributed by atoms with Gasteiger partial charge in [-0.1, -0.05) is 5.16 Å². The molecule has 1 aliphatic rings. The molecule has 0 saturated heterocycles. The molecule has 0 atom stereocenters. The molecular formula is C8H7NO4. The summed E-state index contributed by atoms with van der Waals surface area (Å²) in [6.07, 6.45) is 1.10. The quantitative estimate of drug-likeness (QED) is 0.384. The van der Waals surface area contributed by atoms with E-state index in [0.29, 0.717) is 17.1 Å². The number of aromatic hydroxyl groups is 1. The van der Waals surface area contributed by atoms with Crippen LogP contribution < -0.4 is 9.47 Å². The zero-order chi connectivity index (χ0) is 9.26. The molecule has 2 N–H and O–H groups in total.